The number of hydrogen-bond acceptors (Lipinski definition) is 6. The van der Waals surface area contributed by atoms with Gasteiger partial charge in [0.1, 0.15) is 17.3 Å². The second-order valence-corrected chi connectivity index (χ2v) is 5.66. The molecule has 0 spiro atoms. The van der Waals surface area contributed by atoms with E-state index in [1.54, 1.807) is 31.4 Å². The molecule has 0 unspecified atom stereocenters. The Hall–Kier alpha value is -3.49. The molecule has 0 radical (unpaired) electrons. The largest absolute Gasteiger partial charge is 0.497 e. The summed E-state index contributed by atoms with van der Waals surface area (Å²) < 4.78 is 49.1. The molecule has 146 valence electrons. The molecule has 0 aliphatic heterocycles. The highest BCUT2D eigenvalue weighted by Gasteiger charge is 2.30. The van der Waals surface area contributed by atoms with Gasteiger partial charge >= 0.3 is 6.18 Å². The van der Waals surface area contributed by atoms with E-state index < -0.39 is 11.7 Å². The van der Waals surface area contributed by atoms with Crippen LogP contribution < -0.4 is 20.1 Å². The van der Waals surface area contributed by atoms with Crippen LogP contribution in [0.3, 0.4) is 0 Å². The van der Waals surface area contributed by atoms with Crippen molar-refractivity contribution in [1.29, 1.82) is 0 Å². The zero-order chi connectivity index (χ0) is 20.1. The second-order valence-electron chi connectivity index (χ2n) is 5.66. The van der Waals surface area contributed by atoms with Crippen LogP contribution in [0.25, 0.3) is 0 Å². The summed E-state index contributed by atoms with van der Waals surface area (Å²) in [5.74, 6) is 1.77. The van der Waals surface area contributed by atoms with Gasteiger partial charge in [-0.15, -0.1) is 0 Å². The number of anilines is 4. The molecule has 0 aliphatic carbocycles. The maximum atomic E-state index is 12.9. The van der Waals surface area contributed by atoms with Gasteiger partial charge in [-0.3, -0.25) is 0 Å². The Morgan fingerprint density at radius 3 is 2.46 bits per heavy atom. The van der Waals surface area contributed by atoms with Crippen LogP contribution in [0.4, 0.5) is 36.3 Å². The van der Waals surface area contributed by atoms with Crippen molar-refractivity contribution in [3.05, 3.63) is 60.3 Å². The minimum absolute atomic E-state index is 0.145. The second kappa shape index (κ2) is 8.03. The van der Waals surface area contributed by atoms with E-state index in [-0.39, 0.29) is 11.6 Å². The van der Waals surface area contributed by atoms with E-state index in [4.69, 9.17) is 9.47 Å². The van der Waals surface area contributed by atoms with Crippen LogP contribution in [-0.2, 0) is 6.18 Å². The first kappa shape index (κ1) is 19.3. The van der Waals surface area contributed by atoms with Crippen LogP contribution in [0.15, 0.2) is 54.7 Å². The standard InChI is InChI=1S/C19H17F3N4O2/c1-27-14-6-7-16(28-2)15(11-14)25-17-8-9-23-18(26-17)24-13-5-3-4-12(10-13)19(20,21)22/h3-11H,1-2H3,(H2,23,24,25,26). The molecule has 0 saturated heterocycles. The summed E-state index contributed by atoms with van der Waals surface area (Å²) in [6, 6.07) is 11.7. The van der Waals surface area contributed by atoms with Crippen molar-refractivity contribution in [2.45, 2.75) is 6.18 Å². The average molecular weight is 390 g/mol. The summed E-state index contributed by atoms with van der Waals surface area (Å²) >= 11 is 0. The Morgan fingerprint density at radius 2 is 1.75 bits per heavy atom. The van der Waals surface area contributed by atoms with Crippen LogP contribution in [0.1, 0.15) is 5.56 Å². The maximum absolute atomic E-state index is 12.9. The van der Waals surface area contributed by atoms with Gasteiger partial charge in [-0.2, -0.15) is 18.2 Å². The number of aromatic nitrogens is 2. The summed E-state index contributed by atoms with van der Waals surface area (Å²) in [5, 5.41) is 5.86. The number of methoxy groups -OCH3 is 2. The molecule has 0 atom stereocenters. The lowest BCUT2D eigenvalue weighted by atomic mass is 10.2. The molecule has 1 aromatic heterocycles. The lowest BCUT2D eigenvalue weighted by Crippen LogP contribution is -2.06. The SMILES string of the molecule is COc1ccc(OC)c(Nc2ccnc(Nc3cccc(C(F)(F)F)c3)n2)c1. The van der Waals surface area contributed by atoms with E-state index >= 15 is 0 Å². The van der Waals surface area contributed by atoms with Crippen molar-refractivity contribution in [3.63, 3.8) is 0 Å². The molecule has 2 N–H and O–H groups in total. The Balaban J connectivity index is 1.82. The molecule has 0 bridgehead atoms. The Labute approximate surface area is 159 Å². The third-order valence-electron chi connectivity index (χ3n) is 3.77. The van der Waals surface area contributed by atoms with Crippen molar-refractivity contribution in [3.8, 4) is 11.5 Å². The van der Waals surface area contributed by atoms with Gasteiger partial charge in [0.25, 0.3) is 0 Å². The van der Waals surface area contributed by atoms with Crippen LogP contribution in [0.2, 0.25) is 0 Å². The summed E-state index contributed by atoms with van der Waals surface area (Å²) in [6.45, 7) is 0. The van der Waals surface area contributed by atoms with Gasteiger partial charge < -0.3 is 20.1 Å². The van der Waals surface area contributed by atoms with Gasteiger partial charge in [0, 0.05) is 18.0 Å². The number of rotatable bonds is 6. The topological polar surface area (TPSA) is 68.3 Å². The summed E-state index contributed by atoms with van der Waals surface area (Å²) in [6.07, 6.45) is -2.94. The molecular weight excluding hydrogens is 373 g/mol. The summed E-state index contributed by atoms with van der Waals surface area (Å²) in [5.41, 5.74) is 0.0874. The molecule has 0 saturated carbocycles. The molecule has 6 nitrogen and oxygen atoms in total. The molecule has 28 heavy (non-hydrogen) atoms. The smallest absolute Gasteiger partial charge is 0.416 e. The van der Waals surface area contributed by atoms with Gasteiger partial charge in [0.15, 0.2) is 0 Å². The molecule has 0 fully saturated rings. The van der Waals surface area contributed by atoms with Gasteiger partial charge in [0.2, 0.25) is 5.95 Å². The third kappa shape index (κ3) is 4.61. The third-order valence-corrected chi connectivity index (χ3v) is 3.77. The molecular formula is C19H17F3N4O2. The number of hydrogen-bond donors (Lipinski definition) is 2. The molecule has 3 aromatic rings. The molecule has 0 aliphatic rings. The number of nitrogens with one attached hydrogen (secondary N) is 2. The van der Waals surface area contributed by atoms with Gasteiger partial charge in [0.05, 0.1) is 25.5 Å². The van der Waals surface area contributed by atoms with Gasteiger partial charge in [-0.25, -0.2) is 4.98 Å². The molecule has 1 heterocycles. The number of nitrogens with zero attached hydrogens (tertiary/aromatic N) is 2. The number of ether oxygens (including phenoxy) is 2. The molecule has 3 rings (SSSR count). The lowest BCUT2D eigenvalue weighted by Gasteiger charge is -2.13. The predicted octanol–water partition coefficient (Wildman–Crippen LogP) is 5.00. The minimum Gasteiger partial charge on any atom is -0.497 e. The monoisotopic (exact) mass is 390 g/mol. The lowest BCUT2D eigenvalue weighted by molar-refractivity contribution is -0.137. The predicted molar refractivity (Wildman–Crippen MR) is 99.6 cm³/mol. The van der Waals surface area contributed by atoms with Crippen molar-refractivity contribution in [2.24, 2.45) is 0 Å². The average Bonchev–Trinajstić information content (AvgIpc) is 2.68. The first-order valence-corrected chi connectivity index (χ1v) is 8.15. The fourth-order valence-electron chi connectivity index (χ4n) is 2.44. The number of halogens is 3. The summed E-state index contributed by atoms with van der Waals surface area (Å²) in [4.78, 5) is 8.32. The Kier molecular flexibility index (Phi) is 5.53. The quantitative estimate of drug-likeness (QED) is 0.617. The zero-order valence-corrected chi connectivity index (χ0v) is 15.0. The van der Waals surface area contributed by atoms with Crippen molar-refractivity contribution in [2.75, 3.05) is 24.9 Å². The molecule has 2 aromatic carbocycles. The Bertz CT molecular complexity index is 964. The highest BCUT2D eigenvalue weighted by atomic mass is 19.4. The van der Waals surface area contributed by atoms with E-state index in [1.165, 1.54) is 25.4 Å². The van der Waals surface area contributed by atoms with Crippen molar-refractivity contribution >= 4 is 23.1 Å². The Morgan fingerprint density at radius 1 is 0.929 bits per heavy atom. The minimum atomic E-state index is -4.43. The van der Waals surface area contributed by atoms with Gasteiger partial charge in [-0.05, 0) is 36.4 Å². The molecule has 9 heteroatoms. The first-order valence-electron chi connectivity index (χ1n) is 8.15. The van der Waals surface area contributed by atoms with E-state index in [0.29, 0.717) is 23.0 Å². The normalized spacial score (nSPS) is 11.0. The van der Waals surface area contributed by atoms with E-state index in [9.17, 15) is 13.2 Å². The molecule has 0 amide bonds. The van der Waals surface area contributed by atoms with Gasteiger partial charge in [-0.1, -0.05) is 6.07 Å². The van der Waals surface area contributed by atoms with E-state index in [1.807, 2.05) is 0 Å². The van der Waals surface area contributed by atoms with Crippen LogP contribution in [0, 0.1) is 0 Å². The van der Waals surface area contributed by atoms with Crippen molar-refractivity contribution < 1.29 is 22.6 Å². The number of benzene rings is 2. The fourth-order valence-corrected chi connectivity index (χ4v) is 2.44. The number of alkyl halides is 3. The van der Waals surface area contributed by atoms with Crippen LogP contribution >= 0.6 is 0 Å². The van der Waals surface area contributed by atoms with E-state index in [0.717, 1.165) is 12.1 Å². The highest BCUT2D eigenvalue weighted by Crippen LogP contribution is 2.32. The highest BCUT2D eigenvalue weighted by molar-refractivity contribution is 5.67. The van der Waals surface area contributed by atoms with E-state index in [2.05, 4.69) is 20.6 Å². The first-order chi connectivity index (χ1) is 13.4. The van der Waals surface area contributed by atoms with Crippen molar-refractivity contribution in [1.82, 2.24) is 9.97 Å². The zero-order valence-electron chi connectivity index (χ0n) is 15.0. The fraction of sp³-hybridized carbons (Fsp3) is 0.158. The summed E-state index contributed by atoms with van der Waals surface area (Å²) in [7, 11) is 3.08. The van der Waals surface area contributed by atoms with Crippen LogP contribution in [-0.4, -0.2) is 24.2 Å². The maximum Gasteiger partial charge on any atom is 0.416 e. The van der Waals surface area contributed by atoms with Crippen LogP contribution in [0.5, 0.6) is 11.5 Å².